The molecule has 6 aromatic rings. The summed E-state index contributed by atoms with van der Waals surface area (Å²) in [7, 11) is 0. The molecule has 0 saturated heterocycles. The van der Waals surface area contributed by atoms with Crippen LogP contribution in [0.5, 0.6) is 0 Å². The van der Waals surface area contributed by atoms with E-state index in [1.54, 1.807) is 12.4 Å². The molecule has 38 heavy (non-hydrogen) atoms. The van der Waals surface area contributed by atoms with Gasteiger partial charge in [0, 0.05) is 50.4 Å². The topological polar surface area (TPSA) is 64.5 Å². The van der Waals surface area contributed by atoms with Crippen molar-refractivity contribution >= 4 is 31.9 Å². The molecule has 0 atom stereocenters. The Hall–Kier alpha value is -4.07. The van der Waals surface area contributed by atoms with Gasteiger partial charge in [0.25, 0.3) is 0 Å². The first kappa shape index (κ1) is 24.3. The molecule has 0 radical (unpaired) electrons. The molecule has 0 unspecified atom stereocenters. The highest BCUT2D eigenvalue weighted by atomic mass is 79.9. The van der Waals surface area contributed by atoms with Gasteiger partial charge >= 0.3 is 0 Å². The van der Waals surface area contributed by atoms with Crippen molar-refractivity contribution in [2.45, 2.75) is 0 Å². The fourth-order valence-corrected chi connectivity index (χ4v) is 5.43. The highest BCUT2D eigenvalue weighted by molar-refractivity contribution is 9.11. The zero-order valence-electron chi connectivity index (χ0n) is 20.0. The molecule has 3 heterocycles. The van der Waals surface area contributed by atoms with Crippen LogP contribution in [0.3, 0.4) is 0 Å². The Labute approximate surface area is 237 Å². The number of rotatable bonds is 5. The van der Waals surface area contributed by atoms with Crippen molar-refractivity contribution in [3.05, 3.63) is 125 Å². The van der Waals surface area contributed by atoms with Crippen LogP contribution in [0.15, 0.2) is 125 Å². The Morgan fingerprint density at radius 1 is 0.395 bits per heavy atom. The lowest BCUT2D eigenvalue weighted by Crippen LogP contribution is -2.00. The Morgan fingerprint density at radius 2 is 0.789 bits per heavy atom. The van der Waals surface area contributed by atoms with Crippen molar-refractivity contribution in [2.24, 2.45) is 0 Å². The standard InChI is InChI=1S/C31H19Br2N5/c32-27-15-26(16-28(33)17-27)31-37-29(22-9-5-20(6-10-22)24-3-1-13-34-18-24)36-30(38-31)23-11-7-21(8-12-23)25-4-2-14-35-19-25/h1-19H. The number of halogens is 2. The van der Waals surface area contributed by atoms with Crippen LogP contribution in [0.4, 0.5) is 0 Å². The second-order valence-corrected chi connectivity index (χ2v) is 10.4. The first-order valence-corrected chi connectivity index (χ1v) is 13.5. The Balaban J connectivity index is 1.44. The molecule has 5 nitrogen and oxygen atoms in total. The van der Waals surface area contributed by atoms with Crippen LogP contribution < -0.4 is 0 Å². The lowest BCUT2D eigenvalue weighted by molar-refractivity contribution is 1.07. The third-order valence-corrected chi connectivity index (χ3v) is 6.95. The molecular weight excluding hydrogens is 602 g/mol. The van der Waals surface area contributed by atoms with E-state index in [0.29, 0.717) is 17.5 Å². The monoisotopic (exact) mass is 619 g/mol. The van der Waals surface area contributed by atoms with Gasteiger partial charge in [-0.2, -0.15) is 0 Å². The van der Waals surface area contributed by atoms with Crippen molar-refractivity contribution in [3.8, 4) is 56.4 Å². The maximum Gasteiger partial charge on any atom is 0.164 e. The summed E-state index contributed by atoms with van der Waals surface area (Å²) >= 11 is 7.17. The number of pyridine rings is 2. The summed E-state index contributed by atoms with van der Waals surface area (Å²) in [6, 6.07) is 30.3. The predicted octanol–water partition coefficient (Wildman–Crippen LogP) is 8.52. The number of aromatic nitrogens is 5. The largest absolute Gasteiger partial charge is 0.264 e. The molecule has 0 bridgehead atoms. The molecule has 0 aliphatic rings. The van der Waals surface area contributed by atoms with Gasteiger partial charge in [-0.25, -0.2) is 15.0 Å². The van der Waals surface area contributed by atoms with Crippen molar-refractivity contribution in [1.29, 1.82) is 0 Å². The number of nitrogens with zero attached hydrogens (tertiary/aromatic N) is 5. The molecule has 0 spiro atoms. The smallest absolute Gasteiger partial charge is 0.164 e. The van der Waals surface area contributed by atoms with Crippen LogP contribution >= 0.6 is 31.9 Å². The normalized spacial score (nSPS) is 10.9. The third-order valence-electron chi connectivity index (χ3n) is 6.03. The minimum Gasteiger partial charge on any atom is -0.264 e. The SMILES string of the molecule is Brc1cc(Br)cc(-c2nc(-c3ccc(-c4cccnc4)cc3)nc(-c3ccc(-c4cccnc4)cc3)n2)c1. The molecule has 0 saturated carbocycles. The van der Waals surface area contributed by atoms with E-state index in [4.69, 9.17) is 15.0 Å². The molecule has 0 aliphatic heterocycles. The first-order valence-electron chi connectivity index (χ1n) is 11.9. The van der Waals surface area contributed by atoms with Gasteiger partial charge in [0.15, 0.2) is 17.5 Å². The second kappa shape index (κ2) is 10.7. The molecule has 0 N–H and O–H groups in total. The Bertz CT molecular complexity index is 1590. The summed E-state index contributed by atoms with van der Waals surface area (Å²) in [4.78, 5) is 23.1. The van der Waals surface area contributed by atoms with Crippen molar-refractivity contribution in [3.63, 3.8) is 0 Å². The highest BCUT2D eigenvalue weighted by Crippen LogP contribution is 2.30. The van der Waals surface area contributed by atoms with Crippen LogP contribution in [-0.4, -0.2) is 24.9 Å². The van der Waals surface area contributed by atoms with E-state index in [0.717, 1.165) is 47.9 Å². The van der Waals surface area contributed by atoms with Crippen LogP contribution in [0.25, 0.3) is 56.4 Å². The second-order valence-electron chi connectivity index (χ2n) is 8.60. The van der Waals surface area contributed by atoms with E-state index in [9.17, 15) is 0 Å². The zero-order valence-corrected chi connectivity index (χ0v) is 23.1. The molecule has 7 heteroatoms. The fraction of sp³-hybridized carbons (Fsp3) is 0. The van der Waals surface area contributed by atoms with E-state index in [1.807, 2.05) is 79.1 Å². The summed E-state index contributed by atoms with van der Waals surface area (Å²) < 4.78 is 1.87. The van der Waals surface area contributed by atoms with Crippen molar-refractivity contribution in [2.75, 3.05) is 0 Å². The average molecular weight is 621 g/mol. The van der Waals surface area contributed by atoms with Gasteiger partial charge in [0.05, 0.1) is 0 Å². The van der Waals surface area contributed by atoms with E-state index >= 15 is 0 Å². The van der Waals surface area contributed by atoms with E-state index < -0.39 is 0 Å². The lowest BCUT2D eigenvalue weighted by Gasteiger charge is -2.10. The maximum absolute atomic E-state index is 4.88. The van der Waals surface area contributed by atoms with Crippen LogP contribution in [0.2, 0.25) is 0 Å². The van der Waals surface area contributed by atoms with Gasteiger partial charge in [0.2, 0.25) is 0 Å². The highest BCUT2D eigenvalue weighted by Gasteiger charge is 2.14. The Morgan fingerprint density at radius 3 is 1.18 bits per heavy atom. The fourth-order valence-electron chi connectivity index (χ4n) is 4.14. The van der Waals surface area contributed by atoms with Crippen LogP contribution in [0, 0.1) is 0 Å². The molecule has 3 aromatic carbocycles. The maximum atomic E-state index is 4.88. The van der Waals surface area contributed by atoms with Crippen molar-refractivity contribution < 1.29 is 0 Å². The van der Waals surface area contributed by atoms with E-state index in [1.165, 1.54) is 0 Å². The van der Waals surface area contributed by atoms with Gasteiger partial charge in [-0.1, -0.05) is 92.5 Å². The summed E-state index contributed by atoms with van der Waals surface area (Å²) in [6.45, 7) is 0. The van der Waals surface area contributed by atoms with Crippen LogP contribution in [-0.2, 0) is 0 Å². The zero-order chi connectivity index (χ0) is 25.9. The number of hydrogen-bond acceptors (Lipinski definition) is 5. The summed E-state index contributed by atoms with van der Waals surface area (Å²) in [6.07, 6.45) is 7.26. The molecule has 182 valence electrons. The first-order chi connectivity index (χ1) is 18.6. The van der Waals surface area contributed by atoms with E-state index in [2.05, 4.69) is 66.1 Å². The van der Waals surface area contributed by atoms with E-state index in [-0.39, 0.29) is 0 Å². The quantitative estimate of drug-likeness (QED) is 0.193. The summed E-state index contributed by atoms with van der Waals surface area (Å²) in [5.41, 5.74) is 6.98. The molecule has 6 rings (SSSR count). The number of hydrogen-bond donors (Lipinski definition) is 0. The molecule has 3 aromatic heterocycles. The minimum absolute atomic E-state index is 0.597. The van der Waals surface area contributed by atoms with Gasteiger partial charge in [-0.15, -0.1) is 0 Å². The van der Waals surface area contributed by atoms with Gasteiger partial charge in [0.1, 0.15) is 0 Å². The molecular formula is C31H19Br2N5. The molecule has 0 amide bonds. The van der Waals surface area contributed by atoms with Gasteiger partial charge < -0.3 is 0 Å². The molecule has 0 aliphatic carbocycles. The summed E-state index contributed by atoms with van der Waals surface area (Å²) in [5, 5.41) is 0. The third kappa shape index (κ3) is 5.30. The average Bonchev–Trinajstić information content (AvgIpc) is 2.97. The minimum atomic E-state index is 0.597. The predicted molar refractivity (Wildman–Crippen MR) is 158 cm³/mol. The van der Waals surface area contributed by atoms with Crippen LogP contribution in [0.1, 0.15) is 0 Å². The van der Waals surface area contributed by atoms with Gasteiger partial charge in [-0.3, -0.25) is 9.97 Å². The van der Waals surface area contributed by atoms with Gasteiger partial charge in [-0.05, 0) is 52.6 Å². The summed E-state index contributed by atoms with van der Waals surface area (Å²) in [5.74, 6) is 1.81. The number of benzene rings is 3. The Kier molecular flexibility index (Phi) is 6.86. The molecule has 0 fully saturated rings. The van der Waals surface area contributed by atoms with Crippen molar-refractivity contribution in [1.82, 2.24) is 24.9 Å². The lowest BCUT2D eigenvalue weighted by atomic mass is 10.0.